The lowest BCUT2D eigenvalue weighted by molar-refractivity contribution is 0.102. The number of nitrogens with one attached hydrogen (secondary N) is 1. The van der Waals surface area contributed by atoms with Gasteiger partial charge < -0.3 is 15.8 Å². The topological polar surface area (TPSA) is 77.2 Å². The summed E-state index contributed by atoms with van der Waals surface area (Å²) in [5.41, 5.74) is 6.78. The van der Waals surface area contributed by atoms with Gasteiger partial charge in [-0.3, -0.25) is 4.79 Å². The highest BCUT2D eigenvalue weighted by Crippen LogP contribution is 2.27. The smallest absolute Gasteiger partial charge is 0.256 e. The summed E-state index contributed by atoms with van der Waals surface area (Å²) in [6.07, 6.45) is 7.95. The largest absolute Gasteiger partial charge is 0.489 e. The lowest BCUT2D eigenvalue weighted by Gasteiger charge is -2.22. The molecule has 0 spiro atoms. The third-order valence-electron chi connectivity index (χ3n) is 4.35. The molecule has 0 bridgehead atoms. The Labute approximate surface area is 166 Å². The number of pyridine rings is 1. The molecule has 1 fully saturated rings. The Morgan fingerprint density at radius 1 is 1.15 bits per heavy atom. The van der Waals surface area contributed by atoms with Crippen LogP contribution in [-0.2, 0) is 0 Å². The number of nitrogens with zero attached hydrogens (tertiary/aromatic N) is 1. The maximum atomic E-state index is 12.4. The summed E-state index contributed by atoms with van der Waals surface area (Å²) in [5, 5.41) is 2.81. The van der Waals surface area contributed by atoms with Gasteiger partial charge in [-0.2, -0.15) is 0 Å². The molecule has 2 aromatic rings. The van der Waals surface area contributed by atoms with Crippen LogP contribution in [0.1, 0.15) is 42.5 Å². The second-order valence-electron chi connectivity index (χ2n) is 6.24. The van der Waals surface area contributed by atoms with Crippen LogP contribution < -0.4 is 15.8 Å². The lowest BCUT2D eigenvalue weighted by Crippen LogP contribution is -2.17. The maximum absolute atomic E-state index is 12.4. The minimum absolute atomic E-state index is 0. The number of aromatic nitrogens is 1. The van der Waals surface area contributed by atoms with Crippen LogP contribution in [0.25, 0.3) is 0 Å². The molecule has 3 N–H and O–H groups in total. The van der Waals surface area contributed by atoms with Crippen LogP contribution >= 0.6 is 24.8 Å². The molecule has 3 rings (SSSR count). The van der Waals surface area contributed by atoms with Crippen LogP contribution in [-0.4, -0.2) is 17.5 Å². The standard InChI is InChI=1S/C19H23N3O2.2ClH/c20-16-9-4-8-15(12-16)19(23)22-18-17(10-5-11-21-18)24-13-14-6-2-1-3-7-14;;/h4-5,8-12,14H,1-3,6-7,13,20H2,(H,21,22,23);2*1H. The lowest BCUT2D eigenvalue weighted by atomic mass is 9.90. The van der Waals surface area contributed by atoms with Crippen molar-refractivity contribution in [2.24, 2.45) is 5.92 Å². The zero-order valence-corrected chi connectivity index (χ0v) is 16.2. The number of hydrogen-bond donors (Lipinski definition) is 2. The number of carbonyl (C=O) groups excluding carboxylic acids is 1. The SMILES string of the molecule is Cl.Cl.Nc1cccc(C(=O)Nc2ncccc2OCC2CCCCC2)c1. The van der Waals surface area contributed by atoms with Gasteiger partial charge >= 0.3 is 0 Å². The van der Waals surface area contributed by atoms with Crippen molar-refractivity contribution in [2.45, 2.75) is 32.1 Å². The molecule has 142 valence electrons. The van der Waals surface area contributed by atoms with E-state index in [1.54, 1.807) is 30.5 Å². The summed E-state index contributed by atoms with van der Waals surface area (Å²) < 4.78 is 5.94. The molecule has 26 heavy (non-hydrogen) atoms. The van der Waals surface area contributed by atoms with Gasteiger partial charge in [-0.1, -0.05) is 25.3 Å². The summed E-state index contributed by atoms with van der Waals surface area (Å²) >= 11 is 0. The number of anilines is 2. The first-order chi connectivity index (χ1) is 11.7. The first-order valence-corrected chi connectivity index (χ1v) is 8.47. The van der Waals surface area contributed by atoms with Gasteiger partial charge in [0.1, 0.15) is 0 Å². The average molecular weight is 398 g/mol. The van der Waals surface area contributed by atoms with Crippen LogP contribution in [0.3, 0.4) is 0 Å². The van der Waals surface area contributed by atoms with E-state index in [1.165, 1.54) is 32.1 Å². The Morgan fingerprint density at radius 2 is 1.92 bits per heavy atom. The fraction of sp³-hybridized carbons (Fsp3) is 0.368. The summed E-state index contributed by atoms with van der Waals surface area (Å²) in [7, 11) is 0. The van der Waals surface area contributed by atoms with Gasteiger partial charge in [0.15, 0.2) is 11.6 Å². The molecule has 7 heteroatoms. The average Bonchev–Trinajstić information content (AvgIpc) is 2.62. The molecule has 1 aromatic heterocycles. The molecular weight excluding hydrogens is 373 g/mol. The predicted octanol–water partition coefficient (Wildman–Crippen LogP) is 4.72. The maximum Gasteiger partial charge on any atom is 0.256 e. The Morgan fingerprint density at radius 3 is 2.65 bits per heavy atom. The number of amides is 1. The van der Waals surface area contributed by atoms with Gasteiger partial charge in [0.05, 0.1) is 6.61 Å². The van der Waals surface area contributed by atoms with Crippen molar-refractivity contribution < 1.29 is 9.53 Å². The van der Waals surface area contributed by atoms with Gasteiger partial charge in [0.25, 0.3) is 5.91 Å². The van der Waals surface area contributed by atoms with Crippen molar-refractivity contribution in [3.63, 3.8) is 0 Å². The summed E-state index contributed by atoms with van der Waals surface area (Å²) in [5.74, 6) is 1.40. The van der Waals surface area contributed by atoms with E-state index in [1.807, 2.05) is 12.1 Å². The molecule has 0 atom stereocenters. The Bertz CT molecular complexity index is 707. The van der Waals surface area contributed by atoms with Gasteiger partial charge in [-0.05, 0) is 49.1 Å². The summed E-state index contributed by atoms with van der Waals surface area (Å²) in [6.45, 7) is 0.673. The number of ether oxygens (including phenoxy) is 1. The molecule has 0 radical (unpaired) electrons. The molecule has 1 heterocycles. The quantitative estimate of drug-likeness (QED) is 0.715. The molecule has 1 aliphatic rings. The zero-order chi connectivity index (χ0) is 16.8. The van der Waals surface area contributed by atoms with E-state index in [2.05, 4.69) is 10.3 Å². The van der Waals surface area contributed by atoms with Crippen molar-refractivity contribution >= 4 is 42.2 Å². The normalized spacial score (nSPS) is 13.8. The highest BCUT2D eigenvalue weighted by Gasteiger charge is 2.16. The number of benzene rings is 1. The van der Waals surface area contributed by atoms with Crippen LogP contribution in [0.2, 0.25) is 0 Å². The monoisotopic (exact) mass is 397 g/mol. The molecule has 0 aliphatic heterocycles. The van der Waals surface area contributed by atoms with Crippen LogP contribution in [0.4, 0.5) is 11.5 Å². The minimum Gasteiger partial charge on any atom is -0.489 e. The van der Waals surface area contributed by atoms with Crippen molar-refractivity contribution in [1.82, 2.24) is 4.98 Å². The van der Waals surface area contributed by atoms with Gasteiger partial charge in [-0.25, -0.2) is 4.98 Å². The van der Waals surface area contributed by atoms with E-state index in [4.69, 9.17) is 10.5 Å². The molecular formula is C19H25Cl2N3O2. The number of halogens is 2. The van der Waals surface area contributed by atoms with Crippen LogP contribution in [0.5, 0.6) is 5.75 Å². The van der Waals surface area contributed by atoms with Crippen molar-refractivity contribution in [3.8, 4) is 5.75 Å². The zero-order valence-electron chi connectivity index (χ0n) is 14.5. The number of hydrogen-bond acceptors (Lipinski definition) is 4. The van der Waals surface area contributed by atoms with E-state index in [9.17, 15) is 4.79 Å². The molecule has 0 unspecified atom stereocenters. The number of rotatable bonds is 5. The van der Waals surface area contributed by atoms with Crippen molar-refractivity contribution in [3.05, 3.63) is 48.2 Å². The highest BCUT2D eigenvalue weighted by molar-refractivity contribution is 6.04. The molecule has 1 saturated carbocycles. The van der Waals surface area contributed by atoms with E-state index < -0.39 is 0 Å². The van der Waals surface area contributed by atoms with Crippen molar-refractivity contribution in [2.75, 3.05) is 17.7 Å². The minimum atomic E-state index is -0.247. The van der Waals surface area contributed by atoms with Gasteiger partial charge in [0.2, 0.25) is 0 Å². The van der Waals surface area contributed by atoms with Gasteiger partial charge in [0, 0.05) is 17.4 Å². The fourth-order valence-electron chi connectivity index (χ4n) is 3.02. The van der Waals surface area contributed by atoms with E-state index in [-0.39, 0.29) is 30.7 Å². The molecule has 1 amide bonds. The molecule has 1 aromatic carbocycles. The first kappa shape index (κ1) is 22.1. The molecule has 5 nitrogen and oxygen atoms in total. The molecule has 0 saturated heterocycles. The second-order valence-corrected chi connectivity index (χ2v) is 6.24. The summed E-state index contributed by atoms with van der Waals surface area (Å²) in [4.78, 5) is 16.6. The Balaban J connectivity index is 0.00000169. The predicted molar refractivity (Wildman–Crippen MR) is 110 cm³/mol. The third-order valence-corrected chi connectivity index (χ3v) is 4.35. The number of carbonyl (C=O) groups is 1. The van der Waals surface area contributed by atoms with Crippen molar-refractivity contribution in [1.29, 1.82) is 0 Å². The summed E-state index contributed by atoms with van der Waals surface area (Å²) in [6, 6.07) is 10.5. The van der Waals surface area contributed by atoms with Crippen LogP contribution in [0.15, 0.2) is 42.6 Å². The van der Waals surface area contributed by atoms with Gasteiger partial charge in [-0.15, -0.1) is 24.8 Å². The number of nitrogens with two attached hydrogens (primary N) is 1. The first-order valence-electron chi connectivity index (χ1n) is 8.47. The Kier molecular flexibility index (Phi) is 9.24. The Hall–Kier alpha value is -1.98. The fourth-order valence-corrected chi connectivity index (χ4v) is 3.02. The van der Waals surface area contributed by atoms with E-state index in [0.717, 1.165) is 0 Å². The third kappa shape index (κ3) is 6.07. The molecule has 1 aliphatic carbocycles. The van der Waals surface area contributed by atoms with E-state index >= 15 is 0 Å². The van der Waals surface area contributed by atoms with E-state index in [0.29, 0.717) is 35.3 Å². The highest BCUT2D eigenvalue weighted by atomic mass is 35.5. The second kappa shape index (κ2) is 10.9. The number of nitrogen functional groups attached to an aromatic ring is 1. The van der Waals surface area contributed by atoms with Crippen LogP contribution in [0, 0.1) is 5.92 Å².